The highest BCUT2D eigenvalue weighted by atomic mass is 79.9. The van der Waals surface area contributed by atoms with Crippen molar-refractivity contribution in [2.75, 3.05) is 18.8 Å². The molecule has 0 atom stereocenters. The van der Waals surface area contributed by atoms with E-state index in [-0.39, 0.29) is 6.09 Å². The van der Waals surface area contributed by atoms with Crippen molar-refractivity contribution in [2.24, 2.45) is 0 Å². The number of ether oxygens (including phenoxy) is 1. The summed E-state index contributed by atoms with van der Waals surface area (Å²) in [6.45, 7) is 7.05. The minimum absolute atomic E-state index is 0.221. The Morgan fingerprint density at radius 2 is 2.09 bits per heavy atom. The lowest BCUT2D eigenvalue weighted by Crippen LogP contribution is -2.39. The van der Waals surface area contributed by atoms with E-state index in [1.165, 1.54) is 10.5 Å². The van der Waals surface area contributed by atoms with Crippen molar-refractivity contribution in [2.45, 2.75) is 37.7 Å². The van der Waals surface area contributed by atoms with Crippen LogP contribution >= 0.6 is 27.7 Å². The fraction of sp³-hybridized carbons (Fsp3) is 0.471. The van der Waals surface area contributed by atoms with E-state index in [4.69, 9.17) is 4.74 Å². The Bertz CT molecular complexity index is 566. The molecule has 0 aromatic heterocycles. The minimum Gasteiger partial charge on any atom is -0.444 e. The van der Waals surface area contributed by atoms with Crippen LogP contribution in [0.25, 0.3) is 0 Å². The fourth-order valence-corrected chi connectivity index (χ4v) is 3.68. The smallest absolute Gasteiger partial charge is 0.410 e. The third-order valence-corrected chi connectivity index (χ3v) is 5.34. The Morgan fingerprint density at radius 3 is 2.68 bits per heavy atom. The molecule has 0 radical (unpaired) electrons. The predicted molar refractivity (Wildman–Crippen MR) is 95.4 cm³/mol. The molecule has 0 spiro atoms. The van der Waals surface area contributed by atoms with Crippen molar-refractivity contribution in [3.63, 3.8) is 0 Å². The molecule has 1 amide bonds. The van der Waals surface area contributed by atoms with Gasteiger partial charge in [-0.1, -0.05) is 23.8 Å². The van der Waals surface area contributed by atoms with Gasteiger partial charge in [0, 0.05) is 28.2 Å². The molecule has 0 N–H and O–H groups in total. The van der Waals surface area contributed by atoms with Gasteiger partial charge in [0.05, 0.1) is 0 Å². The van der Waals surface area contributed by atoms with Crippen molar-refractivity contribution in [3.05, 3.63) is 40.4 Å². The molecular formula is C17H22BrNO2S. The Balaban J connectivity index is 1.84. The second-order valence-electron chi connectivity index (χ2n) is 6.26. The van der Waals surface area contributed by atoms with Crippen LogP contribution in [0.1, 0.15) is 27.2 Å². The fourth-order valence-electron chi connectivity index (χ4n) is 2.07. The molecule has 1 aliphatic heterocycles. The van der Waals surface area contributed by atoms with Gasteiger partial charge >= 0.3 is 6.09 Å². The second kappa shape index (κ2) is 7.55. The van der Waals surface area contributed by atoms with Gasteiger partial charge in [-0.3, -0.25) is 0 Å². The van der Waals surface area contributed by atoms with E-state index in [0.29, 0.717) is 6.54 Å². The zero-order chi connectivity index (χ0) is 16.2. The van der Waals surface area contributed by atoms with Crippen LogP contribution in [0.5, 0.6) is 0 Å². The number of carbonyl (C=O) groups is 1. The molecule has 0 unspecified atom stereocenters. The first-order chi connectivity index (χ1) is 10.3. The van der Waals surface area contributed by atoms with Crippen LogP contribution in [-0.4, -0.2) is 35.4 Å². The van der Waals surface area contributed by atoms with E-state index in [0.717, 1.165) is 23.2 Å². The van der Waals surface area contributed by atoms with Gasteiger partial charge in [0.1, 0.15) is 5.60 Å². The second-order valence-corrected chi connectivity index (χ2v) is 8.13. The van der Waals surface area contributed by atoms with Crippen molar-refractivity contribution in [3.8, 4) is 0 Å². The van der Waals surface area contributed by atoms with Crippen molar-refractivity contribution < 1.29 is 9.53 Å². The van der Waals surface area contributed by atoms with Crippen LogP contribution in [0.2, 0.25) is 0 Å². The molecule has 22 heavy (non-hydrogen) atoms. The largest absolute Gasteiger partial charge is 0.444 e. The molecule has 5 heteroatoms. The van der Waals surface area contributed by atoms with Crippen LogP contribution in [0.15, 0.2) is 45.3 Å². The Labute approximate surface area is 145 Å². The number of thioether (sulfide) groups is 1. The van der Waals surface area contributed by atoms with Gasteiger partial charge in [0.15, 0.2) is 0 Å². The number of nitrogens with zero attached hydrogens (tertiary/aromatic N) is 1. The minimum atomic E-state index is -0.434. The number of carbonyl (C=O) groups excluding carboxylic acids is 1. The number of hydrogen-bond donors (Lipinski definition) is 0. The Morgan fingerprint density at radius 1 is 1.36 bits per heavy atom. The van der Waals surface area contributed by atoms with E-state index in [1.807, 2.05) is 44.7 Å². The third-order valence-electron chi connectivity index (χ3n) is 3.20. The summed E-state index contributed by atoms with van der Waals surface area (Å²) < 4.78 is 6.54. The van der Waals surface area contributed by atoms with Gasteiger partial charge in [0.25, 0.3) is 0 Å². The first kappa shape index (κ1) is 17.4. The van der Waals surface area contributed by atoms with Gasteiger partial charge in [-0.2, -0.15) is 0 Å². The molecule has 2 rings (SSSR count). The molecular weight excluding hydrogens is 362 g/mol. The maximum Gasteiger partial charge on any atom is 0.410 e. The monoisotopic (exact) mass is 383 g/mol. The quantitative estimate of drug-likeness (QED) is 0.536. The molecule has 1 aromatic rings. The van der Waals surface area contributed by atoms with Gasteiger partial charge in [-0.25, -0.2) is 4.79 Å². The molecule has 0 saturated heterocycles. The lowest BCUT2D eigenvalue weighted by Gasteiger charge is -2.29. The summed E-state index contributed by atoms with van der Waals surface area (Å²) in [6, 6.07) is 8.24. The summed E-state index contributed by atoms with van der Waals surface area (Å²) in [6.07, 6.45) is 2.84. The summed E-state index contributed by atoms with van der Waals surface area (Å²) in [5.41, 5.74) is 0.955. The predicted octanol–water partition coefficient (Wildman–Crippen LogP) is 5.11. The SMILES string of the molecule is CC(C)(C)OC(=O)N1CC=C(CSc2ccccc2Br)CC1. The highest BCUT2D eigenvalue weighted by molar-refractivity contribution is 9.10. The molecule has 1 aliphatic rings. The lowest BCUT2D eigenvalue weighted by atomic mass is 10.1. The van der Waals surface area contributed by atoms with Crippen molar-refractivity contribution in [1.29, 1.82) is 0 Å². The van der Waals surface area contributed by atoms with Gasteiger partial charge in [-0.05, 0) is 55.3 Å². The van der Waals surface area contributed by atoms with Crippen LogP contribution in [0.4, 0.5) is 4.79 Å². The molecule has 1 aromatic carbocycles. The van der Waals surface area contributed by atoms with Crippen molar-refractivity contribution in [1.82, 2.24) is 4.90 Å². The van der Waals surface area contributed by atoms with Crippen LogP contribution < -0.4 is 0 Å². The maximum absolute atomic E-state index is 12.0. The number of halogens is 1. The average molecular weight is 384 g/mol. The molecule has 0 saturated carbocycles. The standard InChI is InChI=1S/C17H22BrNO2S/c1-17(2,3)21-16(20)19-10-8-13(9-11-19)12-22-15-7-5-4-6-14(15)18/h4-8H,9-12H2,1-3H3. The third kappa shape index (κ3) is 5.36. The van der Waals surface area contributed by atoms with Crippen molar-refractivity contribution >= 4 is 33.8 Å². The van der Waals surface area contributed by atoms with E-state index in [2.05, 4.69) is 34.1 Å². The highest BCUT2D eigenvalue weighted by Crippen LogP contribution is 2.29. The molecule has 0 bridgehead atoms. The summed E-state index contributed by atoms with van der Waals surface area (Å²) in [4.78, 5) is 15.0. The first-order valence-electron chi connectivity index (χ1n) is 7.38. The van der Waals surface area contributed by atoms with E-state index < -0.39 is 5.60 Å². The molecule has 120 valence electrons. The summed E-state index contributed by atoms with van der Waals surface area (Å²) in [5.74, 6) is 0.963. The summed E-state index contributed by atoms with van der Waals surface area (Å²) in [7, 11) is 0. The normalized spacial score (nSPS) is 15.5. The van der Waals surface area contributed by atoms with Gasteiger partial charge in [0.2, 0.25) is 0 Å². The number of amides is 1. The van der Waals surface area contributed by atoms with E-state index >= 15 is 0 Å². The number of hydrogen-bond acceptors (Lipinski definition) is 3. The van der Waals surface area contributed by atoms with E-state index in [1.54, 1.807) is 4.90 Å². The molecule has 1 heterocycles. The van der Waals surface area contributed by atoms with E-state index in [9.17, 15) is 4.79 Å². The molecule has 0 aliphatic carbocycles. The summed E-state index contributed by atoms with van der Waals surface area (Å²) >= 11 is 5.39. The average Bonchev–Trinajstić information content (AvgIpc) is 2.45. The lowest BCUT2D eigenvalue weighted by molar-refractivity contribution is 0.0266. The highest BCUT2D eigenvalue weighted by Gasteiger charge is 2.23. The van der Waals surface area contributed by atoms with Crippen LogP contribution in [-0.2, 0) is 4.74 Å². The maximum atomic E-state index is 12.0. The number of rotatable bonds is 3. The van der Waals surface area contributed by atoms with Crippen LogP contribution in [0.3, 0.4) is 0 Å². The van der Waals surface area contributed by atoms with Gasteiger partial charge < -0.3 is 9.64 Å². The molecule has 3 nitrogen and oxygen atoms in total. The first-order valence-corrected chi connectivity index (χ1v) is 9.16. The number of benzene rings is 1. The zero-order valence-electron chi connectivity index (χ0n) is 13.3. The van der Waals surface area contributed by atoms with Crippen LogP contribution in [0, 0.1) is 0 Å². The summed E-state index contributed by atoms with van der Waals surface area (Å²) in [5, 5.41) is 0. The Kier molecular flexibility index (Phi) is 5.98. The molecule has 0 fully saturated rings. The Hall–Kier alpha value is -0.940. The zero-order valence-corrected chi connectivity index (χ0v) is 15.7. The van der Waals surface area contributed by atoms with Gasteiger partial charge in [-0.15, -0.1) is 11.8 Å². The topological polar surface area (TPSA) is 29.5 Å².